The van der Waals surface area contributed by atoms with Crippen molar-refractivity contribution in [2.45, 2.75) is 33.8 Å². The van der Waals surface area contributed by atoms with Crippen LogP contribution >= 0.6 is 0 Å². The van der Waals surface area contributed by atoms with Gasteiger partial charge in [-0.15, -0.1) is 0 Å². The minimum atomic E-state index is -0.0365. The molecule has 1 unspecified atom stereocenters. The van der Waals surface area contributed by atoms with Gasteiger partial charge in [-0.25, -0.2) is 0 Å². The summed E-state index contributed by atoms with van der Waals surface area (Å²) in [6.07, 6.45) is 1.76. The first-order valence-electron chi connectivity index (χ1n) is 4.90. The number of hydrogen-bond donors (Lipinski definition) is 0. The van der Waals surface area contributed by atoms with Crippen LogP contribution in [0.2, 0.25) is 0 Å². The van der Waals surface area contributed by atoms with Crippen LogP contribution < -0.4 is 5.46 Å². The van der Waals surface area contributed by atoms with Gasteiger partial charge in [-0.1, -0.05) is 25.4 Å². The highest BCUT2D eigenvalue weighted by molar-refractivity contribution is 6.33. The SMILES string of the molecule is CC.[B]c1cc(C)cnc1C(C)OC. The molecule has 0 saturated carbocycles. The van der Waals surface area contributed by atoms with Crippen molar-refractivity contribution in [2.24, 2.45) is 0 Å². The fourth-order valence-electron chi connectivity index (χ4n) is 1.05. The highest BCUT2D eigenvalue weighted by atomic mass is 16.5. The van der Waals surface area contributed by atoms with E-state index in [1.54, 1.807) is 13.3 Å². The number of ether oxygens (including phenoxy) is 1. The minimum absolute atomic E-state index is 0.0365. The summed E-state index contributed by atoms with van der Waals surface area (Å²) in [5.41, 5.74) is 2.58. The van der Waals surface area contributed by atoms with E-state index in [-0.39, 0.29) is 6.10 Å². The van der Waals surface area contributed by atoms with Gasteiger partial charge in [0.25, 0.3) is 0 Å². The standard InChI is InChI=1S/C9H12BNO.C2H6/c1-6-4-8(10)9(11-5-6)7(2)12-3;1-2/h4-5,7H,1-3H3;1-2H3. The summed E-state index contributed by atoms with van der Waals surface area (Å²) in [7, 11) is 7.40. The molecule has 0 aliphatic heterocycles. The van der Waals surface area contributed by atoms with Gasteiger partial charge in [-0.2, -0.15) is 0 Å². The number of pyridine rings is 1. The average molecular weight is 191 g/mol. The van der Waals surface area contributed by atoms with Crippen molar-refractivity contribution in [3.63, 3.8) is 0 Å². The molecule has 14 heavy (non-hydrogen) atoms. The summed E-state index contributed by atoms with van der Waals surface area (Å²) in [4.78, 5) is 4.20. The van der Waals surface area contributed by atoms with Gasteiger partial charge in [0.2, 0.25) is 0 Å². The van der Waals surface area contributed by atoms with E-state index >= 15 is 0 Å². The van der Waals surface area contributed by atoms with Crippen LogP contribution in [0.15, 0.2) is 12.3 Å². The lowest BCUT2D eigenvalue weighted by atomic mass is 9.91. The Morgan fingerprint density at radius 1 is 1.43 bits per heavy atom. The third-order valence-electron chi connectivity index (χ3n) is 1.82. The molecule has 3 heteroatoms. The fourth-order valence-corrected chi connectivity index (χ4v) is 1.05. The zero-order valence-corrected chi connectivity index (χ0v) is 9.66. The average Bonchev–Trinajstić information content (AvgIpc) is 2.20. The van der Waals surface area contributed by atoms with Crippen LogP contribution in [0.4, 0.5) is 0 Å². The third kappa shape index (κ3) is 3.50. The van der Waals surface area contributed by atoms with Gasteiger partial charge >= 0.3 is 0 Å². The summed E-state index contributed by atoms with van der Waals surface area (Å²) < 4.78 is 5.11. The molecule has 2 radical (unpaired) electrons. The van der Waals surface area contributed by atoms with Crippen LogP contribution in [0.1, 0.15) is 38.1 Å². The van der Waals surface area contributed by atoms with Crippen molar-refractivity contribution in [2.75, 3.05) is 7.11 Å². The second-order valence-corrected chi connectivity index (χ2v) is 2.87. The van der Waals surface area contributed by atoms with Crippen LogP contribution in [0, 0.1) is 6.92 Å². The van der Waals surface area contributed by atoms with Crippen LogP contribution in [0.5, 0.6) is 0 Å². The summed E-state index contributed by atoms with van der Waals surface area (Å²) in [6.45, 7) is 7.89. The highest BCUT2D eigenvalue weighted by Crippen LogP contribution is 2.09. The monoisotopic (exact) mass is 191 g/mol. The number of rotatable bonds is 2. The fraction of sp³-hybridized carbons (Fsp3) is 0.545. The molecular weight excluding hydrogens is 173 g/mol. The number of nitrogens with zero attached hydrogens (tertiary/aromatic N) is 1. The van der Waals surface area contributed by atoms with Gasteiger partial charge in [0.15, 0.2) is 0 Å². The Balaban J connectivity index is 0.000000791. The van der Waals surface area contributed by atoms with Crippen LogP contribution in [0.25, 0.3) is 0 Å². The van der Waals surface area contributed by atoms with Crippen LogP contribution in [-0.2, 0) is 4.74 Å². The number of aromatic nitrogens is 1. The summed E-state index contributed by atoms with van der Waals surface area (Å²) in [5.74, 6) is 0. The first kappa shape index (κ1) is 13.2. The van der Waals surface area contributed by atoms with Gasteiger partial charge in [-0.05, 0) is 19.4 Å². The maximum Gasteiger partial charge on any atom is 0.116 e. The minimum Gasteiger partial charge on any atom is -0.375 e. The molecule has 1 atom stereocenters. The lowest BCUT2D eigenvalue weighted by molar-refractivity contribution is 0.117. The Kier molecular flexibility index (Phi) is 6.21. The molecule has 2 nitrogen and oxygen atoms in total. The molecule has 1 aromatic rings. The third-order valence-corrected chi connectivity index (χ3v) is 1.82. The molecule has 0 aliphatic carbocycles. The van der Waals surface area contributed by atoms with E-state index in [0.717, 1.165) is 11.3 Å². The molecule has 0 spiro atoms. The first-order valence-corrected chi connectivity index (χ1v) is 4.90. The Morgan fingerprint density at radius 3 is 2.43 bits per heavy atom. The lowest BCUT2D eigenvalue weighted by Crippen LogP contribution is -2.16. The van der Waals surface area contributed by atoms with Gasteiger partial charge < -0.3 is 4.74 Å². The molecule has 0 N–H and O–H groups in total. The van der Waals surface area contributed by atoms with Crippen molar-refractivity contribution >= 4 is 13.3 Å². The van der Waals surface area contributed by atoms with Crippen molar-refractivity contribution < 1.29 is 4.74 Å². The Labute approximate surface area is 88.1 Å². The van der Waals surface area contributed by atoms with E-state index in [0.29, 0.717) is 5.46 Å². The topological polar surface area (TPSA) is 22.1 Å². The Morgan fingerprint density at radius 2 is 2.00 bits per heavy atom. The molecule has 1 heterocycles. The zero-order valence-electron chi connectivity index (χ0n) is 9.66. The zero-order chi connectivity index (χ0) is 11.1. The number of aryl methyl sites for hydroxylation is 1. The molecule has 0 fully saturated rings. The molecular formula is C11H18BNO. The maximum absolute atomic E-state index is 5.76. The molecule has 0 amide bonds. The largest absolute Gasteiger partial charge is 0.375 e. The molecule has 0 aliphatic rings. The Hall–Kier alpha value is -0.825. The summed E-state index contributed by atoms with van der Waals surface area (Å²) >= 11 is 0. The predicted molar refractivity (Wildman–Crippen MR) is 61.1 cm³/mol. The number of hydrogen-bond acceptors (Lipinski definition) is 2. The first-order chi connectivity index (χ1) is 6.65. The quantitative estimate of drug-likeness (QED) is 0.666. The molecule has 76 valence electrons. The summed E-state index contributed by atoms with van der Waals surface area (Å²) in [6, 6.07) is 1.90. The van der Waals surface area contributed by atoms with Gasteiger partial charge in [0.1, 0.15) is 7.85 Å². The van der Waals surface area contributed by atoms with Gasteiger partial charge in [0, 0.05) is 13.3 Å². The van der Waals surface area contributed by atoms with Crippen molar-refractivity contribution in [3.05, 3.63) is 23.5 Å². The lowest BCUT2D eigenvalue weighted by Gasteiger charge is -2.12. The van der Waals surface area contributed by atoms with Crippen molar-refractivity contribution in [1.29, 1.82) is 0 Å². The molecule has 0 saturated heterocycles. The van der Waals surface area contributed by atoms with E-state index in [4.69, 9.17) is 12.6 Å². The summed E-state index contributed by atoms with van der Waals surface area (Å²) in [5, 5.41) is 0. The van der Waals surface area contributed by atoms with Crippen molar-refractivity contribution in [3.8, 4) is 0 Å². The van der Waals surface area contributed by atoms with Crippen LogP contribution in [0.3, 0.4) is 0 Å². The van der Waals surface area contributed by atoms with E-state index < -0.39 is 0 Å². The molecule has 1 aromatic heterocycles. The number of methoxy groups -OCH3 is 1. The molecule has 0 bridgehead atoms. The van der Waals surface area contributed by atoms with E-state index in [1.807, 2.05) is 33.8 Å². The second kappa shape index (κ2) is 6.60. The highest BCUT2D eigenvalue weighted by Gasteiger charge is 2.07. The molecule has 0 aromatic carbocycles. The maximum atomic E-state index is 5.76. The normalized spacial score (nSPS) is 11.5. The Bertz CT molecular complexity index is 276. The molecule has 1 rings (SSSR count). The van der Waals surface area contributed by atoms with Crippen molar-refractivity contribution in [1.82, 2.24) is 4.98 Å². The van der Waals surface area contributed by atoms with E-state index in [9.17, 15) is 0 Å². The van der Waals surface area contributed by atoms with Gasteiger partial charge in [-0.3, -0.25) is 4.98 Å². The smallest absolute Gasteiger partial charge is 0.116 e. The van der Waals surface area contributed by atoms with E-state index in [2.05, 4.69) is 4.98 Å². The van der Waals surface area contributed by atoms with E-state index in [1.165, 1.54) is 0 Å². The predicted octanol–water partition coefficient (Wildman–Crippen LogP) is 1.92. The van der Waals surface area contributed by atoms with Crippen LogP contribution in [-0.4, -0.2) is 19.9 Å². The van der Waals surface area contributed by atoms with Gasteiger partial charge in [0.05, 0.1) is 11.8 Å². The second-order valence-electron chi connectivity index (χ2n) is 2.87.